The number of hydrogen-bond donors (Lipinski definition) is 1. The Morgan fingerprint density at radius 1 is 0.786 bits per heavy atom. The van der Waals surface area contributed by atoms with Gasteiger partial charge in [0.15, 0.2) is 0 Å². The van der Waals surface area contributed by atoms with Crippen molar-refractivity contribution in [2.45, 2.75) is 97.3 Å². The molecular weight excluding hydrogens is 372 g/mol. The van der Waals surface area contributed by atoms with Gasteiger partial charge < -0.3 is 4.74 Å². The largest absolute Gasteiger partial charge is 0.494 e. The first-order chi connectivity index (χ1) is 13.5. The van der Waals surface area contributed by atoms with Crippen molar-refractivity contribution in [1.82, 2.24) is 0 Å². The van der Waals surface area contributed by atoms with Gasteiger partial charge in [-0.25, -0.2) is 0 Å². The van der Waals surface area contributed by atoms with E-state index in [0.29, 0.717) is 13.0 Å². The number of aryl methyl sites for hydroxylation is 2. The fraction of sp³-hybridized carbons (Fsp3) is 0.739. The van der Waals surface area contributed by atoms with Crippen molar-refractivity contribution in [2.75, 3.05) is 12.4 Å². The predicted octanol–water partition coefficient (Wildman–Crippen LogP) is 6.37. The minimum absolute atomic E-state index is 0.257. The van der Waals surface area contributed by atoms with Crippen molar-refractivity contribution in [2.24, 2.45) is 0 Å². The van der Waals surface area contributed by atoms with E-state index in [-0.39, 0.29) is 5.75 Å². The molecule has 0 aliphatic rings. The van der Waals surface area contributed by atoms with Crippen molar-refractivity contribution in [3.05, 3.63) is 29.3 Å². The Labute approximate surface area is 172 Å². The first-order valence-electron chi connectivity index (χ1n) is 11.2. The zero-order chi connectivity index (χ0) is 20.7. The van der Waals surface area contributed by atoms with Gasteiger partial charge in [0.25, 0.3) is 10.1 Å². The zero-order valence-corrected chi connectivity index (χ0v) is 18.7. The quantitative estimate of drug-likeness (QED) is 0.238. The molecule has 5 heteroatoms. The highest BCUT2D eigenvalue weighted by Crippen LogP contribution is 2.23. The first-order valence-corrected chi connectivity index (χ1v) is 12.8. The molecule has 0 saturated heterocycles. The molecule has 1 aromatic carbocycles. The van der Waals surface area contributed by atoms with Crippen LogP contribution in [0, 0.1) is 0 Å². The third-order valence-corrected chi connectivity index (χ3v) is 5.90. The van der Waals surface area contributed by atoms with E-state index in [1.165, 1.54) is 75.3 Å². The van der Waals surface area contributed by atoms with E-state index in [1.54, 1.807) is 0 Å². The van der Waals surface area contributed by atoms with E-state index < -0.39 is 10.1 Å². The van der Waals surface area contributed by atoms with Crippen LogP contribution in [0.2, 0.25) is 0 Å². The standard InChI is InChI=1S/C23H40O4S/c1-3-5-7-9-11-14-21-16-17-23(27-18-13-19-28(24,25)26)20-22(21)15-12-10-8-6-4-2/h16-17,20H,3-15,18-19H2,1-2H3,(H,24,25,26). The summed E-state index contributed by atoms with van der Waals surface area (Å²) >= 11 is 0. The summed E-state index contributed by atoms with van der Waals surface area (Å²) in [6.45, 7) is 4.77. The summed E-state index contributed by atoms with van der Waals surface area (Å²) in [4.78, 5) is 0. The summed E-state index contributed by atoms with van der Waals surface area (Å²) < 4.78 is 36.1. The topological polar surface area (TPSA) is 63.6 Å². The summed E-state index contributed by atoms with van der Waals surface area (Å²) in [5, 5.41) is 0. The second-order valence-electron chi connectivity index (χ2n) is 7.75. The first kappa shape index (κ1) is 25.0. The fourth-order valence-electron chi connectivity index (χ4n) is 3.44. The number of benzene rings is 1. The van der Waals surface area contributed by atoms with Crippen LogP contribution in [0.3, 0.4) is 0 Å². The molecule has 0 aromatic heterocycles. The molecule has 28 heavy (non-hydrogen) atoms. The van der Waals surface area contributed by atoms with Crippen LogP contribution in [0.15, 0.2) is 18.2 Å². The van der Waals surface area contributed by atoms with E-state index in [9.17, 15) is 8.42 Å². The third kappa shape index (κ3) is 12.4. The third-order valence-electron chi connectivity index (χ3n) is 5.09. The molecule has 0 radical (unpaired) electrons. The molecule has 0 saturated carbocycles. The molecule has 1 aromatic rings. The molecule has 0 aliphatic heterocycles. The lowest BCUT2D eigenvalue weighted by atomic mass is 9.96. The molecule has 0 spiro atoms. The average molecular weight is 413 g/mol. The molecule has 0 bridgehead atoms. The normalized spacial score (nSPS) is 11.7. The molecular formula is C23H40O4S. The number of rotatable bonds is 17. The van der Waals surface area contributed by atoms with Crippen LogP contribution < -0.4 is 4.74 Å². The average Bonchev–Trinajstić information content (AvgIpc) is 2.65. The van der Waals surface area contributed by atoms with Crippen molar-refractivity contribution in [3.8, 4) is 5.75 Å². The van der Waals surface area contributed by atoms with Gasteiger partial charge in [0.05, 0.1) is 12.4 Å². The van der Waals surface area contributed by atoms with Crippen LogP contribution in [0.1, 0.15) is 95.6 Å². The van der Waals surface area contributed by atoms with Gasteiger partial charge >= 0.3 is 0 Å². The van der Waals surface area contributed by atoms with E-state index in [4.69, 9.17) is 9.29 Å². The van der Waals surface area contributed by atoms with Crippen LogP contribution in [-0.2, 0) is 23.0 Å². The summed E-state index contributed by atoms with van der Waals surface area (Å²) in [7, 11) is -3.91. The predicted molar refractivity (Wildman–Crippen MR) is 118 cm³/mol. The Morgan fingerprint density at radius 2 is 1.36 bits per heavy atom. The maximum absolute atomic E-state index is 10.8. The minimum atomic E-state index is -3.91. The molecule has 4 nitrogen and oxygen atoms in total. The second-order valence-corrected chi connectivity index (χ2v) is 9.32. The minimum Gasteiger partial charge on any atom is -0.494 e. The monoisotopic (exact) mass is 412 g/mol. The van der Waals surface area contributed by atoms with Gasteiger partial charge in [-0.15, -0.1) is 0 Å². The van der Waals surface area contributed by atoms with Gasteiger partial charge in [0.2, 0.25) is 0 Å². The molecule has 0 fully saturated rings. The Kier molecular flexibility index (Phi) is 13.3. The summed E-state index contributed by atoms with van der Waals surface area (Å²) in [6.07, 6.45) is 15.3. The van der Waals surface area contributed by atoms with Crippen molar-refractivity contribution in [3.63, 3.8) is 0 Å². The number of unbranched alkanes of at least 4 members (excludes halogenated alkanes) is 8. The van der Waals surface area contributed by atoms with Crippen LogP contribution in [-0.4, -0.2) is 25.3 Å². The lowest BCUT2D eigenvalue weighted by Crippen LogP contribution is -2.08. The maximum atomic E-state index is 10.8. The van der Waals surface area contributed by atoms with E-state index >= 15 is 0 Å². The molecule has 1 rings (SSSR count). The van der Waals surface area contributed by atoms with Crippen LogP contribution in [0.4, 0.5) is 0 Å². The SMILES string of the molecule is CCCCCCCc1ccc(OCCCS(=O)(=O)O)cc1CCCCCCC. The number of ether oxygens (including phenoxy) is 1. The summed E-state index contributed by atoms with van der Waals surface area (Å²) in [5.74, 6) is 0.543. The Balaban J connectivity index is 2.59. The van der Waals surface area contributed by atoms with Crippen molar-refractivity contribution in [1.29, 1.82) is 0 Å². The van der Waals surface area contributed by atoms with Gasteiger partial charge in [-0.3, -0.25) is 4.55 Å². The van der Waals surface area contributed by atoms with Gasteiger partial charge in [0.1, 0.15) is 5.75 Å². The molecule has 0 atom stereocenters. The number of hydrogen-bond acceptors (Lipinski definition) is 3. The van der Waals surface area contributed by atoms with Gasteiger partial charge in [-0.05, 0) is 55.4 Å². The van der Waals surface area contributed by atoms with Crippen molar-refractivity contribution < 1.29 is 17.7 Å². The second kappa shape index (κ2) is 14.9. The van der Waals surface area contributed by atoms with Crippen molar-refractivity contribution >= 4 is 10.1 Å². The Hall–Kier alpha value is -1.07. The highest BCUT2D eigenvalue weighted by Gasteiger charge is 2.07. The lowest BCUT2D eigenvalue weighted by molar-refractivity contribution is 0.315. The maximum Gasteiger partial charge on any atom is 0.264 e. The van der Waals surface area contributed by atoms with Crippen LogP contribution >= 0.6 is 0 Å². The molecule has 162 valence electrons. The molecule has 0 amide bonds. The molecule has 0 heterocycles. The van der Waals surface area contributed by atoms with Gasteiger partial charge in [-0.2, -0.15) is 8.42 Å². The highest BCUT2D eigenvalue weighted by atomic mass is 32.2. The summed E-state index contributed by atoms with van der Waals surface area (Å²) in [6, 6.07) is 6.31. The lowest BCUT2D eigenvalue weighted by Gasteiger charge is -2.13. The van der Waals surface area contributed by atoms with E-state index in [2.05, 4.69) is 26.0 Å². The van der Waals surface area contributed by atoms with E-state index in [0.717, 1.165) is 18.6 Å². The molecule has 1 N–H and O–H groups in total. The van der Waals surface area contributed by atoms with Gasteiger partial charge in [0, 0.05) is 0 Å². The smallest absolute Gasteiger partial charge is 0.264 e. The fourth-order valence-corrected chi connectivity index (χ4v) is 3.92. The Morgan fingerprint density at radius 3 is 1.93 bits per heavy atom. The summed E-state index contributed by atoms with van der Waals surface area (Å²) in [5.41, 5.74) is 2.80. The molecule has 0 aliphatic carbocycles. The van der Waals surface area contributed by atoms with Crippen LogP contribution in [0.5, 0.6) is 5.75 Å². The van der Waals surface area contributed by atoms with Gasteiger partial charge in [-0.1, -0.05) is 71.3 Å². The van der Waals surface area contributed by atoms with E-state index in [1.807, 2.05) is 6.07 Å². The van der Waals surface area contributed by atoms with Crippen LogP contribution in [0.25, 0.3) is 0 Å². The Bertz CT molecular complexity index is 625. The zero-order valence-electron chi connectivity index (χ0n) is 17.9. The highest BCUT2D eigenvalue weighted by molar-refractivity contribution is 7.85. The molecule has 0 unspecified atom stereocenters.